The summed E-state index contributed by atoms with van der Waals surface area (Å²) in [6.45, 7) is 4.88. The van der Waals surface area contributed by atoms with E-state index >= 15 is 0 Å². The Labute approximate surface area is 120 Å². The average molecular weight is 280 g/mol. The van der Waals surface area contributed by atoms with E-state index in [2.05, 4.69) is 16.8 Å². The Balaban J connectivity index is 1.80. The fourth-order valence-corrected chi connectivity index (χ4v) is 2.65. The van der Waals surface area contributed by atoms with Gasteiger partial charge >= 0.3 is 0 Å². The third-order valence-electron chi connectivity index (χ3n) is 4.09. The molecular weight excluding hydrogens is 256 g/mol. The van der Waals surface area contributed by atoms with Crippen LogP contribution in [0, 0.1) is 5.92 Å². The van der Waals surface area contributed by atoms with Gasteiger partial charge in [0, 0.05) is 32.5 Å². The maximum atomic E-state index is 11.6. The van der Waals surface area contributed by atoms with Gasteiger partial charge in [-0.25, -0.2) is 0 Å². The molecule has 0 aromatic rings. The second-order valence-electron chi connectivity index (χ2n) is 5.70. The number of nitrogens with two attached hydrogens (primary N) is 1. The predicted molar refractivity (Wildman–Crippen MR) is 77.0 cm³/mol. The van der Waals surface area contributed by atoms with E-state index in [1.54, 1.807) is 0 Å². The lowest BCUT2D eigenvalue weighted by Gasteiger charge is -2.31. The Morgan fingerprint density at radius 1 is 1.25 bits per heavy atom. The smallest absolute Gasteiger partial charge is 0.229 e. The molecule has 0 unspecified atom stereocenters. The summed E-state index contributed by atoms with van der Waals surface area (Å²) in [6.07, 6.45) is 3.88. The van der Waals surface area contributed by atoms with Crippen molar-refractivity contribution in [2.45, 2.75) is 39.0 Å². The van der Waals surface area contributed by atoms with Crippen LogP contribution in [0.1, 0.15) is 39.0 Å². The molecular formula is C14H24N4O2. The van der Waals surface area contributed by atoms with Crippen molar-refractivity contribution in [1.82, 2.24) is 9.80 Å². The number of aliphatic imine (C=N–C) groups is 1. The molecule has 2 amide bonds. The number of imide groups is 1. The molecule has 0 radical (unpaired) electrons. The number of nitrogens with zero attached hydrogens (tertiary/aromatic N) is 3. The van der Waals surface area contributed by atoms with Crippen LogP contribution in [-0.4, -0.2) is 53.8 Å². The summed E-state index contributed by atoms with van der Waals surface area (Å²) in [5.74, 6) is 1.13. The van der Waals surface area contributed by atoms with Gasteiger partial charge in [-0.3, -0.25) is 19.5 Å². The fraction of sp³-hybridized carbons (Fsp3) is 0.786. The van der Waals surface area contributed by atoms with E-state index in [-0.39, 0.29) is 11.8 Å². The van der Waals surface area contributed by atoms with Crippen LogP contribution in [-0.2, 0) is 9.59 Å². The van der Waals surface area contributed by atoms with Crippen molar-refractivity contribution in [3.05, 3.63) is 0 Å². The second-order valence-corrected chi connectivity index (χ2v) is 5.70. The van der Waals surface area contributed by atoms with Crippen LogP contribution < -0.4 is 5.73 Å². The van der Waals surface area contributed by atoms with E-state index < -0.39 is 0 Å². The van der Waals surface area contributed by atoms with Gasteiger partial charge in [0.15, 0.2) is 5.96 Å². The molecule has 112 valence electrons. The zero-order valence-electron chi connectivity index (χ0n) is 12.2. The van der Waals surface area contributed by atoms with Crippen molar-refractivity contribution in [2.75, 3.05) is 26.2 Å². The number of carbonyl (C=O) groups is 2. The van der Waals surface area contributed by atoms with Gasteiger partial charge < -0.3 is 10.6 Å². The van der Waals surface area contributed by atoms with Gasteiger partial charge in [-0.15, -0.1) is 0 Å². The van der Waals surface area contributed by atoms with E-state index in [4.69, 9.17) is 5.73 Å². The molecule has 2 N–H and O–H groups in total. The Morgan fingerprint density at radius 2 is 1.85 bits per heavy atom. The number of amides is 2. The first-order chi connectivity index (χ1) is 9.58. The molecule has 2 aliphatic rings. The van der Waals surface area contributed by atoms with E-state index in [1.165, 1.54) is 4.90 Å². The minimum atomic E-state index is -0.0816. The van der Waals surface area contributed by atoms with E-state index in [0.717, 1.165) is 31.8 Å². The molecule has 0 aromatic heterocycles. The number of likely N-dealkylation sites (tertiary alicyclic amines) is 2. The summed E-state index contributed by atoms with van der Waals surface area (Å²) in [6, 6.07) is 0. The lowest BCUT2D eigenvalue weighted by Crippen LogP contribution is -2.44. The summed E-state index contributed by atoms with van der Waals surface area (Å²) in [5.41, 5.74) is 5.97. The van der Waals surface area contributed by atoms with Crippen LogP contribution in [0.3, 0.4) is 0 Å². The van der Waals surface area contributed by atoms with E-state index in [0.29, 0.717) is 38.3 Å². The van der Waals surface area contributed by atoms with Crippen molar-refractivity contribution in [1.29, 1.82) is 0 Å². The fourth-order valence-electron chi connectivity index (χ4n) is 2.65. The number of rotatable bonds is 3. The molecule has 0 aliphatic carbocycles. The molecule has 0 spiro atoms. The molecule has 0 saturated carbocycles. The molecule has 2 rings (SSSR count). The summed E-state index contributed by atoms with van der Waals surface area (Å²) >= 11 is 0. The normalized spacial score (nSPS) is 22.6. The van der Waals surface area contributed by atoms with Gasteiger partial charge in [-0.2, -0.15) is 0 Å². The molecule has 2 fully saturated rings. The Bertz CT molecular complexity index is 384. The number of carbonyl (C=O) groups excluding carboxylic acids is 2. The van der Waals surface area contributed by atoms with Crippen molar-refractivity contribution in [3.8, 4) is 0 Å². The molecule has 2 aliphatic heterocycles. The van der Waals surface area contributed by atoms with Crippen LogP contribution in [0.15, 0.2) is 4.99 Å². The van der Waals surface area contributed by atoms with Crippen molar-refractivity contribution in [3.63, 3.8) is 0 Å². The molecule has 0 aromatic carbocycles. The van der Waals surface area contributed by atoms with Crippen LogP contribution in [0.5, 0.6) is 0 Å². The van der Waals surface area contributed by atoms with Crippen LogP contribution in [0.4, 0.5) is 0 Å². The van der Waals surface area contributed by atoms with Crippen molar-refractivity contribution < 1.29 is 9.59 Å². The summed E-state index contributed by atoms with van der Waals surface area (Å²) < 4.78 is 0. The number of hydrogen-bond donors (Lipinski definition) is 1. The number of piperidine rings is 2. The Hall–Kier alpha value is -1.59. The molecule has 0 atom stereocenters. The third kappa shape index (κ3) is 3.71. The first kappa shape index (κ1) is 14.8. The van der Waals surface area contributed by atoms with Crippen molar-refractivity contribution in [2.24, 2.45) is 16.6 Å². The lowest BCUT2D eigenvalue weighted by molar-refractivity contribution is -0.147. The maximum Gasteiger partial charge on any atom is 0.229 e. The molecule has 6 heteroatoms. The van der Waals surface area contributed by atoms with Crippen LogP contribution in [0.25, 0.3) is 0 Å². The SMILES string of the molecule is CC1CCN(C(N)=NCCN2C(=O)CCCC2=O)CC1. The van der Waals surface area contributed by atoms with E-state index in [1.807, 2.05) is 0 Å². The van der Waals surface area contributed by atoms with Gasteiger partial charge in [-0.05, 0) is 25.2 Å². The van der Waals surface area contributed by atoms with Gasteiger partial charge in [0.25, 0.3) is 0 Å². The largest absolute Gasteiger partial charge is 0.370 e. The monoisotopic (exact) mass is 280 g/mol. The Morgan fingerprint density at radius 3 is 2.45 bits per heavy atom. The van der Waals surface area contributed by atoms with Crippen molar-refractivity contribution >= 4 is 17.8 Å². The highest BCUT2D eigenvalue weighted by molar-refractivity contribution is 5.97. The second kappa shape index (κ2) is 6.72. The summed E-state index contributed by atoms with van der Waals surface area (Å²) in [7, 11) is 0. The highest BCUT2D eigenvalue weighted by Crippen LogP contribution is 2.15. The quantitative estimate of drug-likeness (QED) is 0.466. The summed E-state index contributed by atoms with van der Waals surface area (Å²) in [4.78, 5) is 31.0. The van der Waals surface area contributed by atoms with Gasteiger partial charge in [0.2, 0.25) is 11.8 Å². The first-order valence-electron chi connectivity index (χ1n) is 7.46. The first-order valence-corrected chi connectivity index (χ1v) is 7.46. The average Bonchev–Trinajstić information content (AvgIpc) is 2.42. The number of guanidine groups is 1. The highest BCUT2D eigenvalue weighted by atomic mass is 16.2. The third-order valence-corrected chi connectivity index (χ3v) is 4.09. The van der Waals surface area contributed by atoms with Gasteiger partial charge in [0.05, 0.1) is 6.54 Å². The molecule has 2 saturated heterocycles. The Kier molecular flexibility index (Phi) is 4.98. The highest BCUT2D eigenvalue weighted by Gasteiger charge is 2.25. The zero-order valence-corrected chi connectivity index (χ0v) is 12.2. The summed E-state index contributed by atoms with van der Waals surface area (Å²) in [5, 5.41) is 0. The van der Waals surface area contributed by atoms with Gasteiger partial charge in [0.1, 0.15) is 0 Å². The van der Waals surface area contributed by atoms with Crippen LogP contribution >= 0.6 is 0 Å². The molecule has 20 heavy (non-hydrogen) atoms. The topological polar surface area (TPSA) is 79.0 Å². The standard InChI is InChI=1S/C14H24N4O2/c1-11-5-8-17(9-6-11)14(15)16-7-10-18-12(19)3-2-4-13(18)20/h11H,2-10H2,1H3,(H2,15,16). The molecule has 0 bridgehead atoms. The minimum Gasteiger partial charge on any atom is -0.370 e. The maximum absolute atomic E-state index is 11.6. The predicted octanol–water partition coefficient (Wildman–Crippen LogP) is 0.572. The van der Waals surface area contributed by atoms with Gasteiger partial charge in [-0.1, -0.05) is 6.92 Å². The lowest BCUT2D eigenvalue weighted by atomic mass is 10.00. The minimum absolute atomic E-state index is 0.0816. The number of hydrogen-bond acceptors (Lipinski definition) is 3. The van der Waals surface area contributed by atoms with Crippen LogP contribution in [0.2, 0.25) is 0 Å². The molecule has 6 nitrogen and oxygen atoms in total. The zero-order chi connectivity index (χ0) is 14.5. The van der Waals surface area contributed by atoms with E-state index in [9.17, 15) is 9.59 Å². The molecule has 2 heterocycles.